The number of piperidine rings is 1. The zero-order valence-corrected chi connectivity index (χ0v) is 17.2. The molecule has 1 aromatic rings. The third-order valence-electron chi connectivity index (χ3n) is 5.13. The normalized spacial score (nSPS) is 22.2. The number of rotatable bonds is 7. The zero-order chi connectivity index (χ0) is 20.9. The van der Waals surface area contributed by atoms with E-state index in [0.717, 1.165) is 38.6 Å². The molecular formula is C19H28N2O7S. The summed E-state index contributed by atoms with van der Waals surface area (Å²) in [6.07, 6.45) is 2.07. The van der Waals surface area contributed by atoms with Crippen LogP contribution in [0.3, 0.4) is 0 Å². The molecule has 0 unspecified atom stereocenters. The molecule has 0 aliphatic carbocycles. The Morgan fingerprint density at radius 1 is 1.38 bits per heavy atom. The van der Waals surface area contributed by atoms with E-state index in [1.807, 2.05) is 0 Å². The van der Waals surface area contributed by atoms with Crippen molar-refractivity contribution in [2.45, 2.75) is 41.9 Å². The Morgan fingerprint density at radius 2 is 2.14 bits per heavy atom. The van der Waals surface area contributed by atoms with Crippen molar-refractivity contribution in [3.63, 3.8) is 0 Å². The fourth-order valence-corrected chi connectivity index (χ4v) is 4.24. The van der Waals surface area contributed by atoms with Crippen LogP contribution in [0, 0.1) is 0 Å². The van der Waals surface area contributed by atoms with Gasteiger partial charge in [0.05, 0.1) is 23.1 Å². The number of alkyl carbamates (subject to hydrolysis) is 1. The van der Waals surface area contributed by atoms with Crippen LogP contribution < -0.4 is 15.4 Å². The largest absolute Gasteiger partial charge is 0.491 e. The molecule has 2 atom stereocenters. The number of nitrogens with one attached hydrogen (secondary N) is 2. The lowest BCUT2D eigenvalue weighted by atomic mass is 9.88. The van der Waals surface area contributed by atoms with Gasteiger partial charge in [0, 0.05) is 6.26 Å². The van der Waals surface area contributed by atoms with Gasteiger partial charge in [0.2, 0.25) is 0 Å². The molecule has 0 bridgehead atoms. The van der Waals surface area contributed by atoms with Gasteiger partial charge in [0.15, 0.2) is 9.84 Å². The first-order chi connectivity index (χ1) is 13.8. The molecule has 2 fully saturated rings. The van der Waals surface area contributed by atoms with Crippen LogP contribution in [0.5, 0.6) is 5.75 Å². The SMILES string of the molecule is CS(=O)(=O)c1cccc(OC[C@H](O)COC(=O)N[C@@H]2COC3(CCNCC3)C2)c1. The van der Waals surface area contributed by atoms with Crippen molar-refractivity contribution in [1.29, 1.82) is 0 Å². The second kappa shape index (κ2) is 9.29. The summed E-state index contributed by atoms with van der Waals surface area (Å²) in [5, 5.41) is 16.0. The van der Waals surface area contributed by atoms with Gasteiger partial charge in [-0.05, 0) is 50.6 Å². The van der Waals surface area contributed by atoms with Gasteiger partial charge in [-0.1, -0.05) is 6.07 Å². The number of benzene rings is 1. The van der Waals surface area contributed by atoms with E-state index in [4.69, 9.17) is 14.2 Å². The zero-order valence-electron chi connectivity index (χ0n) is 16.4. The molecule has 1 aromatic carbocycles. The highest BCUT2D eigenvalue weighted by Crippen LogP contribution is 2.33. The smallest absolute Gasteiger partial charge is 0.407 e. The lowest BCUT2D eigenvalue weighted by Gasteiger charge is -2.32. The van der Waals surface area contributed by atoms with Crippen LogP contribution in [0.15, 0.2) is 29.2 Å². The van der Waals surface area contributed by atoms with Crippen molar-refractivity contribution >= 4 is 15.9 Å². The summed E-state index contributed by atoms with van der Waals surface area (Å²) < 4.78 is 39.5. The van der Waals surface area contributed by atoms with Crippen LogP contribution in [0.2, 0.25) is 0 Å². The van der Waals surface area contributed by atoms with E-state index in [0.29, 0.717) is 12.4 Å². The number of sulfone groups is 1. The van der Waals surface area contributed by atoms with Crippen molar-refractivity contribution in [3.05, 3.63) is 24.3 Å². The number of hydrogen-bond acceptors (Lipinski definition) is 8. The van der Waals surface area contributed by atoms with Crippen molar-refractivity contribution in [3.8, 4) is 5.75 Å². The summed E-state index contributed by atoms with van der Waals surface area (Å²) in [5.41, 5.74) is -0.156. The van der Waals surface area contributed by atoms with Crippen LogP contribution >= 0.6 is 0 Å². The van der Waals surface area contributed by atoms with Gasteiger partial charge in [-0.3, -0.25) is 0 Å². The fourth-order valence-electron chi connectivity index (χ4n) is 3.58. The molecule has 2 heterocycles. The predicted molar refractivity (Wildman–Crippen MR) is 105 cm³/mol. The first-order valence-corrected chi connectivity index (χ1v) is 11.5. The molecule has 29 heavy (non-hydrogen) atoms. The van der Waals surface area contributed by atoms with Gasteiger partial charge in [-0.2, -0.15) is 0 Å². The summed E-state index contributed by atoms with van der Waals surface area (Å²) in [4.78, 5) is 12.1. The van der Waals surface area contributed by atoms with Crippen LogP contribution in [0.1, 0.15) is 19.3 Å². The molecule has 3 rings (SSSR count). The number of amides is 1. The van der Waals surface area contributed by atoms with Gasteiger partial charge < -0.3 is 30.0 Å². The summed E-state index contributed by atoms with van der Waals surface area (Å²) in [6.45, 7) is 1.91. The first-order valence-electron chi connectivity index (χ1n) is 9.65. The molecule has 1 spiro atoms. The molecule has 0 aromatic heterocycles. The first kappa shape index (κ1) is 21.8. The maximum Gasteiger partial charge on any atom is 0.407 e. The second-order valence-electron chi connectivity index (χ2n) is 7.60. The van der Waals surface area contributed by atoms with Crippen molar-refractivity contribution in [1.82, 2.24) is 10.6 Å². The van der Waals surface area contributed by atoms with E-state index in [1.165, 1.54) is 12.1 Å². The Labute approximate surface area is 170 Å². The minimum Gasteiger partial charge on any atom is -0.491 e. The van der Waals surface area contributed by atoms with E-state index < -0.39 is 22.0 Å². The quantitative estimate of drug-likeness (QED) is 0.573. The van der Waals surface area contributed by atoms with Gasteiger partial charge in [0.25, 0.3) is 0 Å². The Balaban J connectivity index is 1.37. The van der Waals surface area contributed by atoms with Gasteiger partial charge >= 0.3 is 6.09 Å². The number of ether oxygens (including phenoxy) is 3. The third-order valence-corrected chi connectivity index (χ3v) is 6.24. The lowest BCUT2D eigenvalue weighted by Crippen LogP contribution is -2.43. The third kappa shape index (κ3) is 6.30. The Hall–Kier alpha value is -1.88. The van der Waals surface area contributed by atoms with Gasteiger partial charge in [-0.15, -0.1) is 0 Å². The fraction of sp³-hybridized carbons (Fsp3) is 0.632. The highest BCUT2D eigenvalue weighted by atomic mass is 32.2. The summed E-state index contributed by atoms with van der Waals surface area (Å²) in [5.74, 6) is 0.312. The van der Waals surface area contributed by atoms with Crippen molar-refractivity contribution < 1.29 is 32.5 Å². The van der Waals surface area contributed by atoms with E-state index in [2.05, 4.69) is 10.6 Å². The summed E-state index contributed by atoms with van der Waals surface area (Å²) in [7, 11) is -3.34. The van der Waals surface area contributed by atoms with Crippen LogP contribution in [0.25, 0.3) is 0 Å². The second-order valence-corrected chi connectivity index (χ2v) is 9.62. The minimum atomic E-state index is -3.34. The number of carbonyl (C=O) groups is 1. The minimum absolute atomic E-state index is 0.104. The van der Waals surface area contributed by atoms with Crippen molar-refractivity contribution in [2.75, 3.05) is 39.2 Å². The molecular weight excluding hydrogens is 400 g/mol. The molecule has 162 valence electrons. The summed E-state index contributed by atoms with van der Waals surface area (Å²) >= 11 is 0. The molecule has 3 N–H and O–H groups in total. The number of aliphatic hydroxyl groups excluding tert-OH is 1. The topological polar surface area (TPSA) is 123 Å². The molecule has 10 heteroatoms. The van der Waals surface area contributed by atoms with E-state index >= 15 is 0 Å². The average Bonchev–Trinajstić information content (AvgIpc) is 3.06. The summed E-state index contributed by atoms with van der Waals surface area (Å²) in [6, 6.07) is 5.89. The molecule has 0 radical (unpaired) electrons. The Bertz CT molecular complexity index is 809. The highest BCUT2D eigenvalue weighted by Gasteiger charge is 2.41. The molecule has 2 saturated heterocycles. The monoisotopic (exact) mass is 428 g/mol. The number of aliphatic hydroxyl groups is 1. The highest BCUT2D eigenvalue weighted by molar-refractivity contribution is 7.90. The number of carbonyl (C=O) groups excluding carboxylic acids is 1. The lowest BCUT2D eigenvalue weighted by molar-refractivity contribution is -0.0194. The van der Waals surface area contributed by atoms with E-state index in [1.54, 1.807) is 12.1 Å². The molecule has 1 amide bonds. The maximum atomic E-state index is 12.0. The predicted octanol–water partition coefficient (Wildman–Crippen LogP) is 0.467. The van der Waals surface area contributed by atoms with E-state index in [9.17, 15) is 18.3 Å². The van der Waals surface area contributed by atoms with Crippen LogP contribution in [-0.4, -0.2) is 76.5 Å². The Morgan fingerprint density at radius 3 is 2.86 bits per heavy atom. The van der Waals surface area contributed by atoms with Gasteiger partial charge in [-0.25, -0.2) is 13.2 Å². The van der Waals surface area contributed by atoms with Gasteiger partial charge in [0.1, 0.15) is 25.1 Å². The molecule has 0 saturated carbocycles. The van der Waals surface area contributed by atoms with Crippen LogP contribution in [0.4, 0.5) is 4.79 Å². The average molecular weight is 429 g/mol. The van der Waals surface area contributed by atoms with Crippen molar-refractivity contribution in [2.24, 2.45) is 0 Å². The van der Waals surface area contributed by atoms with Crippen LogP contribution in [-0.2, 0) is 19.3 Å². The molecule has 2 aliphatic rings. The molecule has 2 aliphatic heterocycles. The Kier molecular flexibility index (Phi) is 6.99. The standard InChI is InChI=1S/C19H28N2O7S/c1-29(24,25)17-4-2-3-16(9-17)26-12-15(22)13-27-18(23)21-14-10-19(28-11-14)5-7-20-8-6-19/h2-4,9,14-15,20,22H,5-8,10-13H2,1H3,(H,21,23)/t14-,15-/m0/s1. The molecule has 9 nitrogen and oxygen atoms in total. The number of hydrogen-bond donors (Lipinski definition) is 3. The maximum absolute atomic E-state index is 12.0. The van der Waals surface area contributed by atoms with E-state index in [-0.39, 0.29) is 29.8 Å².